The third-order valence-electron chi connectivity index (χ3n) is 2.38. The summed E-state index contributed by atoms with van der Waals surface area (Å²) in [5.74, 6) is 1.07. The summed E-state index contributed by atoms with van der Waals surface area (Å²) in [5, 5.41) is 0. The van der Waals surface area contributed by atoms with Crippen molar-refractivity contribution in [3.05, 3.63) is 42.1 Å². The van der Waals surface area contributed by atoms with Gasteiger partial charge in [0, 0.05) is 13.3 Å². The summed E-state index contributed by atoms with van der Waals surface area (Å²) in [6, 6.07) is 9.58. The molecule has 2 aromatic rings. The largest absolute Gasteiger partial charge is 0.424 e. The van der Waals surface area contributed by atoms with Gasteiger partial charge in [0.05, 0.1) is 6.61 Å². The molecule has 5 nitrogen and oxygen atoms in total. The Bertz CT molecular complexity index is 500. The summed E-state index contributed by atoms with van der Waals surface area (Å²) >= 11 is 0. The zero-order valence-electron chi connectivity index (χ0n) is 10.2. The molecule has 5 heteroatoms. The number of benzene rings is 1. The predicted octanol–water partition coefficient (Wildman–Crippen LogP) is 2.04. The molecule has 1 aromatic carbocycles. The maximum Gasteiger partial charge on any atom is 0.323 e. The third-order valence-corrected chi connectivity index (χ3v) is 2.38. The second-order valence-corrected chi connectivity index (χ2v) is 3.75. The van der Waals surface area contributed by atoms with E-state index in [4.69, 9.17) is 15.2 Å². The van der Waals surface area contributed by atoms with E-state index < -0.39 is 0 Å². The first-order valence-corrected chi connectivity index (χ1v) is 5.62. The van der Waals surface area contributed by atoms with Crippen LogP contribution in [0.5, 0.6) is 11.8 Å². The SMILES string of the molecule is COCCc1ccc(Oc2nccc(N)n2)cc1. The van der Waals surface area contributed by atoms with Crippen LogP contribution in [0.2, 0.25) is 0 Å². The molecule has 2 rings (SSSR count). The van der Waals surface area contributed by atoms with Gasteiger partial charge in [-0.25, -0.2) is 4.98 Å². The molecule has 94 valence electrons. The minimum atomic E-state index is 0.250. The van der Waals surface area contributed by atoms with Crippen LogP contribution in [0.1, 0.15) is 5.56 Å². The van der Waals surface area contributed by atoms with Crippen molar-refractivity contribution in [2.45, 2.75) is 6.42 Å². The lowest BCUT2D eigenvalue weighted by atomic mass is 10.1. The van der Waals surface area contributed by atoms with E-state index >= 15 is 0 Å². The molecule has 0 aliphatic carbocycles. The number of methoxy groups -OCH3 is 1. The smallest absolute Gasteiger partial charge is 0.323 e. The van der Waals surface area contributed by atoms with Crippen LogP contribution in [-0.4, -0.2) is 23.7 Å². The van der Waals surface area contributed by atoms with Crippen LogP contribution >= 0.6 is 0 Å². The molecule has 0 bridgehead atoms. The number of nitrogen functional groups attached to an aromatic ring is 1. The van der Waals surface area contributed by atoms with Gasteiger partial charge in [-0.1, -0.05) is 12.1 Å². The van der Waals surface area contributed by atoms with Crippen molar-refractivity contribution in [2.24, 2.45) is 0 Å². The van der Waals surface area contributed by atoms with Gasteiger partial charge in [0.25, 0.3) is 0 Å². The van der Waals surface area contributed by atoms with Gasteiger partial charge < -0.3 is 15.2 Å². The fourth-order valence-corrected chi connectivity index (χ4v) is 1.45. The van der Waals surface area contributed by atoms with E-state index in [1.807, 2.05) is 24.3 Å². The lowest BCUT2D eigenvalue weighted by Crippen LogP contribution is -1.96. The number of anilines is 1. The lowest BCUT2D eigenvalue weighted by Gasteiger charge is -2.05. The van der Waals surface area contributed by atoms with Gasteiger partial charge in [-0.15, -0.1) is 0 Å². The van der Waals surface area contributed by atoms with Crippen LogP contribution in [0, 0.1) is 0 Å². The standard InChI is InChI=1S/C13H15N3O2/c1-17-9-7-10-2-4-11(5-3-10)18-13-15-8-6-12(14)16-13/h2-6,8H,7,9H2,1H3,(H2,14,15,16). The molecule has 2 N–H and O–H groups in total. The number of nitrogens with zero attached hydrogens (tertiary/aromatic N) is 2. The van der Waals surface area contributed by atoms with E-state index in [0.717, 1.165) is 6.42 Å². The highest BCUT2D eigenvalue weighted by atomic mass is 16.5. The predicted molar refractivity (Wildman–Crippen MR) is 68.5 cm³/mol. The van der Waals surface area contributed by atoms with E-state index in [0.29, 0.717) is 18.2 Å². The summed E-state index contributed by atoms with van der Waals surface area (Å²) in [5.41, 5.74) is 6.74. The van der Waals surface area contributed by atoms with Crippen LogP contribution in [0.3, 0.4) is 0 Å². The van der Waals surface area contributed by atoms with Crippen molar-refractivity contribution in [3.63, 3.8) is 0 Å². The number of ether oxygens (including phenoxy) is 2. The van der Waals surface area contributed by atoms with Gasteiger partial charge >= 0.3 is 6.01 Å². The number of hydrogen-bond acceptors (Lipinski definition) is 5. The van der Waals surface area contributed by atoms with Gasteiger partial charge in [0.15, 0.2) is 0 Å². The molecule has 1 aromatic heterocycles. The fourth-order valence-electron chi connectivity index (χ4n) is 1.45. The molecule has 0 amide bonds. The van der Waals surface area contributed by atoms with Crippen LogP contribution in [0.15, 0.2) is 36.5 Å². The summed E-state index contributed by atoms with van der Waals surface area (Å²) in [6.45, 7) is 0.707. The molecule has 1 heterocycles. The van der Waals surface area contributed by atoms with Crippen LogP contribution in [0.4, 0.5) is 5.82 Å². The van der Waals surface area contributed by atoms with E-state index in [1.54, 1.807) is 19.4 Å². The Kier molecular flexibility index (Phi) is 4.09. The quantitative estimate of drug-likeness (QED) is 0.872. The van der Waals surface area contributed by atoms with Crippen LogP contribution in [0.25, 0.3) is 0 Å². The normalized spacial score (nSPS) is 10.3. The first kappa shape index (κ1) is 12.3. The highest BCUT2D eigenvalue weighted by Crippen LogP contribution is 2.18. The topological polar surface area (TPSA) is 70.3 Å². The Balaban J connectivity index is 2.02. The van der Waals surface area contributed by atoms with Gasteiger partial charge in [0.2, 0.25) is 0 Å². The van der Waals surface area contributed by atoms with Gasteiger partial charge in [-0.3, -0.25) is 0 Å². The summed E-state index contributed by atoms with van der Waals surface area (Å²) in [4.78, 5) is 7.94. The lowest BCUT2D eigenvalue weighted by molar-refractivity contribution is 0.202. The van der Waals surface area contributed by atoms with Crippen LogP contribution < -0.4 is 10.5 Å². The Labute approximate surface area is 106 Å². The summed E-state index contributed by atoms with van der Waals surface area (Å²) in [6.07, 6.45) is 2.44. The van der Waals surface area contributed by atoms with E-state index in [1.165, 1.54) is 5.56 Å². The number of hydrogen-bond donors (Lipinski definition) is 1. The molecule has 0 fully saturated rings. The molecule has 0 spiro atoms. The molecular weight excluding hydrogens is 230 g/mol. The minimum Gasteiger partial charge on any atom is -0.424 e. The van der Waals surface area contributed by atoms with Crippen LogP contribution in [-0.2, 0) is 11.2 Å². The maximum atomic E-state index is 5.55. The molecule has 0 saturated carbocycles. The number of rotatable bonds is 5. The Morgan fingerprint density at radius 3 is 2.61 bits per heavy atom. The zero-order chi connectivity index (χ0) is 12.8. The van der Waals surface area contributed by atoms with Gasteiger partial charge in [-0.2, -0.15) is 4.98 Å². The molecule has 18 heavy (non-hydrogen) atoms. The highest BCUT2D eigenvalue weighted by Gasteiger charge is 2.01. The van der Waals surface area contributed by atoms with Crippen molar-refractivity contribution >= 4 is 5.82 Å². The number of nitrogens with two attached hydrogens (primary N) is 1. The van der Waals surface area contributed by atoms with E-state index in [-0.39, 0.29) is 6.01 Å². The first-order valence-electron chi connectivity index (χ1n) is 5.62. The number of aromatic nitrogens is 2. The Morgan fingerprint density at radius 2 is 1.94 bits per heavy atom. The fraction of sp³-hybridized carbons (Fsp3) is 0.231. The Hall–Kier alpha value is -2.14. The molecule has 0 radical (unpaired) electrons. The summed E-state index contributed by atoms with van der Waals surface area (Å²) in [7, 11) is 1.69. The molecule has 0 atom stereocenters. The van der Waals surface area contributed by atoms with Crippen molar-refractivity contribution in [3.8, 4) is 11.8 Å². The van der Waals surface area contributed by atoms with E-state index in [2.05, 4.69) is 9.97 Å². The van der Waals surface area contributed by atoms with Crippen molar-refractivity contribution in [1.29, 1.82) is 0 Å². The second-order valence-electron chi connectivity index (χ2n) is 3.75. The first-order chi connectivity index (χ1) is 8.78. The summed E-state index contributed by atoms with van der Waals surface area (Å²) < 4.78 is 10.5. The molecular formula is C13H15N3O2. The van der Waals surface area contributed by atoms with E-state index in [9.17, 15) is 0 Å². The zero-order valence-corrected chi connectivity index (χ0v) is 10.2. The van der Waals surface area contributed by atoms with Crippen molar-refractivity contribution in [1.82, 2.24) is 9.97 Å². The Morgan fingerprint density at radius 1 is 1.17 bits per heavy atom. The second kappa shape index (κ2) is 5.97. The van der Waals surface area contributed by atoms with Gasteiger partial charge in [-0.05, 0) is 30.2 Å². The van der Waals surface area contributed by atoms with Crippen molar-refractivity contribution in [2.75, 3.05) is 19.5 Å². The molecule has 0 aliphatic heterocycles. The van der Waals surface area contributed by atoms with Gasteiger partial charge in [0.1, 0.15) is 11.6 Å². The molecule has 0 aliphatic rings. The molecule has 0 unspecified atom stereocenters. The third kappa shape index (κ3) is 3.43. The molecule has 0 saturated heterocycles. The average Bonchev–Trinajstić information content (AvgIpc) is 2.38. The maximum absolute atomic E-state index is 5.55. The highest BCUT2D eigenvalue weighted by molar-refractivity contribution is 5.31. The monoisotopic (exact) mass is 245 g/mol. The van der Waals surface area contributed by atoms with Crippen molar-refractivity contribution < 1.29 is 9.47 Å². The minimum absolute atomic E-state index is 0.250. The average molecular weight is 245 g/mol.